The minimum absolute atomic E-state index is 0.00963. The summed E-state index contributed by atoms with van der Waals surface area (Å²) in [5.41, 5.74) is 6.92. The van der Waals surface area contributed by atoms with Gasteiger partial charge in [-0.3, -0.25) is 0 Å². The molecule has 0 atom stereocenters. The van der Waals surface area contributed by atoms with Crippen LogP contribution in [0.2, 0.25) is 5.02 Å². The van der Waals surface area contributed by atoms with Gasteiger partial charge in [-0.05, 0) is 42.5 Å². The highest BCUT2D eigenvalue weighted by Crippen LogP contribution is 2.25. The summed E-state index contributed by atoms with van der Waals surface area (Å²) in [6.07, 6.45) is 0. The second kappa shape index (κ2) is 8.35. The summed E-state index contributed by atoms with van der Waals surface area (Å²) in [7, 11) is 1.57. The molecule has 3 N–H and O–H groups in total. The monoisotopic (exact) mass is 355 g/mol. The number of rotatable bonds is 6. The minimum atomic E-state index is -2.93. The lowest BCUT2D eigenvalue weighted by Gasteiger charge is -2.10. The average Bonchev–Trinajstić information content (AvgIpc) is 2.55. The van der Waals surface area contributed by atoms with Crippen molar-refractivity contribution < 1.29 is 18.3 Å². The molecule has 0 radical (unpaired) electrons. The predicted molar refractivity (Wildman–Crippen MR) is 90.0 cm³/mol. The van der Waals surface area contributed by atoms with E-state index in [0.29, 0.717) is 22.0 Å². The number of methoxy groups -OCH3 is 1. The number of benzene rings is 2. The van der Waals surface area contributed by atoms with Crippen LogP contribution < -0.4 is 20.5 Å². The number of hydrogen-bond donors (Lipinski definition) is 2. The highest BCUT2D eigenvalue weighted by Gasteiger charge is 2.10. The Morgan fingerprint density at radius 3 is 2.58 bits per heavy atom. The number of halogens is 3. The van der Waals surface area contributed by atoms with Gasteiger partial charge < -0.3 is 20.5 Å². The van der Waals surface area contributed by atoms with Crippen LogP contribution in [0, 0.1) is 0 Å². The summed E-state index contributed by atoms with van der Waals surface area (Å²) >= 11 is 5.88. The molecular weight excluding hydrogens is 340 g/mol. The molecule has 0 unspecified atom stereocenters. The van der Waals surface area contributed by atoms with Crippen LogP contribution in [0.25, 0.3) is 0 Å². The molecule has 0 amide bonds. The maximum Gasteiger partial charge on any atom is 0.387 e. The van der Waals surface area contributed by atoms with Gasteiger partial charge in [-0.2, -0.15) is 8.78 Å². The van der Waals surface area contributed by atoms with Crippen LogP contribution in [0.3, 0.4) is 0 Å². The molecule has 24 heavy (non-hydrogen) atoms. The van der Waals surface area contributed by atoms with Crippen LogP contribution in [0.1, 0.15) is 5.56 Å². The smallest absolute Gasteiger partial charge is 0.387 e. The molecule has 128 valence electrons. The first-order valence-corrected chi connectivity index (χ1v) is 7.30. The first-order chi connectivity index (χ1) is 11.5. The van der Waals surface area contributed by atoms with Gasteiger partial charge in [-0.15, -0.1) is 0 Å². The zero-order valence-corrected chi connectivity index (χ0v) is 13.6. The molecule has 0 aromatic heterocycles. The SMILES string of the molecule is COc1ccc(NC(N)=NCc2cc(Cl)ccc2OC(F)F)cc1. The number of guanidine groups is 1. The molecule has 0 aliphatic rings. The van der Waals surface area contributed by atoms with Crippen LogP contribution in [-0.4, -0.2) is 19.7 Å². The summed E-state index contributed by atoms with van der Waals surface area (Å²) in [6.45, 7) is -2.89. The zero-order valence-electron chi connectivity index (χ0n) is 12.8. The largest absolute Gasteiger partial charge is 0.497 e. The van der Waals surface area contributed by atoms with E-state index in [4.69, 9.17) is 22.1 Å². The van der Waals surface area contributed by atoms with E-state index >= 15 is 0 Å². The Labute approximate surface area is 143 Å². The van der Waals surface area contributed by atoms with Crippen molar-refractivity contribution in [2.24, 2.45) is 10.7 Å². The highest BCUT2D eigenvalue weighted by atomic mass is 35.5. The molecule has 2 rings (SSSR count). The second-order valence-electron chi connectivity index (χ2n) is 4.69. The Bertz CT molecular complexity index is 709. The third-order valence-corrected chi connectivity index (χ3v) is 3.26. The minimum Gasteiger partial charge on any atom is -0.497 e. The number of nitrogens with one attached hydrogen (secondary N) is 1. The standard InChI is InChI=1S/C16H16ClF2N3O2/c1-23-13-5-3-12(4-6-13)22-16(20)21-9-10-8-11(17)2-7-14(10)24-15(18)19/h2-8,15H,9H2,1H3,(H3,20,21,22). The van der Waals surface area contributed by atoms with Crippen molar-refractivity contribution in [3.63, 3.8) is 0 Å². The van der Waals surface area contributed by atoms with Crippen molar-refractivity contribution >= 4 is 23.2 Å². The Kier molecular flexibility index (Phi) is 6.20. The Hall–Kier alpha value is -2.54. The van der Waals surface area contributed by atoms with Crippen LogP contribution in [0.5, 0.6) is 11.5 Å². The topological polar surface area (TPSA) is 68.9 Å². The number of nitrogens with zero attached hydrogens (tertiary/aromatic N) is 1. The Morgan fingerprint density at radius 1 is 1.25 bits per heavy atom. The van der Waals surface area contributed by atoms with Crippen LogP contribution in [0.4, 0.5) is 14.5 Å². The van der Waals surface area contributed by atoms with Gasteiger partial charge in [0.15, 0.2) is 5.96 Å². The first kappa shape index (κ1) is 17.8. The van der Waals surface area contributed by atoms with Gasteiger partial charge in [0.1, 0.15) is 11.5 Å². The van der Waals surface area contributed by atoms with E-state index < -0.39 is 6.61 Å². The van der Waals surface area contributed by atoms with Gasteiger partial charge in [-0.25, -0.2) is 4.99 Å². The van der Waals surface area contributed by atoms with Crippen molar-refractivity contribution in [2.75, 3.05) is 12.4 Å². The fraction of sp³-hybridized carbons (Fsp3) is 0.188. The molecular formula is C16H16ClF2N3O2. The van der Waals surface area contributed by atoms with Crippen molar-refractivity contribution in [1.29, 1.82) is 0 Å². The zero-order chi connectivity index (χ0) is 17.5. The van der Waals surface area contributed by atoms with Gasteiger partial charge in [0.25, 0.3) is 0 Å². The third kappa shape index (κ3) is 5.27. The van der Waals surface area contributed by atoms with E-state index in [1.165, 1.54) is 18.2 Å². The normalized spacial score (nSPS) is 11.5. The van der Waals surface area contributed by atoms with Crippen molar-refractivity contribution in [3.05, 3.63) is 53.1 Å². The summed E-state index contributed by atoms with van der Waals surface area (Å²) in [4.78, 5) is 4.11. The van der Waals surface area contributed by atoms with E-state index in [9.17, 15) is 8.78 Å². The van der Waals surface area contributed by atoms with Crippen molar-refractivity contribution in [2.45, 2.75) is 13.2 Å². The second-order valence-corrected chi connectivity index (χ2v) is 5.12. The summed E-state index contributed by atoms with van der Waals surface area (Å²) in [5.74, 6) is 0.849. The molecule has 0 saturated heterocycles. The molecule has 2 aromatic rings. The average molecular weight is 356 g/mol. The lowest BCUT2D eigenvalue weighted by Crippen LogP contribution is -2.22. The molecule has 2 aromatic carbocycles. The van der Waals surface area contributed by atoms with Gasteiger partial charge in [0.05, 0.1) is 13.7 Å². The molecule has 0 aliphatic carbocycles. The fourth-order valence-electron chi connectivity index (χ4n) is 1.91. The molecule has 5 nitrogen and oxygen atoms in total. The van der Waals surface area contributed by atoms with E-state index in [1.807, 2.05) is 0 Å². The highest BCUT2D eigenvalue weighted by molar-refractivity contribution is 6.30. The maximum atomic E-state index is 12.4. The first-order valence-electron chi connectivity index (χ1n) is 6.92. The van der Waals surface area contributed by atoms with Crippen LogP contribution >= 0.6 is 11.6 Å². The number of ether oxygens (including phenoxy) is 2. The Balaban J connectivity index is 2.07. The third-order valence-electron chi connectivity index (χ3n) is 3.02. The van der Waals surface area contributed by atoms with Crippen molar-refractivity contribution in [1.82, 2.24) is 0 Å². The number of aliphatic imine (C=N–C) groups is 1. The lowest BCUT2D eigenvalue weighted by molar-refractivity contribution is -0.0504. The van der Waals surface area contributed by atoms with Crippen LogP contribution in [0.15, 0.2) is 47.5 Å². The molecule has 8 heteroatoms. The quantitative estimate of drug-likeness (QED) is 0.609. The summed E-state index contributed by atoms with van der Waals surface area (Å²) in [5, 5.41) is 3.28. The fourth-order valence-corrected chi connectivity index (χ4v) is 2.11. The molecule has 0 aliphatic heterocycles. The Morgan fingerprint density at radius 2 is 1.96 bits per heavy atom. The van der Waals surface area contributed by atoms with E-state index in [1.54, 1.807) is 31.4 Å². The maximum absolute atomic E-state index is 12.4. The van der Waals surface area contributed by atoms with E-state index in [0.717, 1.165) is 0 Å². The van der Waals surface area contributed by atoms with Crippen LogP contribution in [-0.2, 0) is 6.54 Å². The molecule has 0 bridgehead atoms. The van der Waals surface area contributed by atoms with Gasteiger partial charge in [0, 0.05) is 16.3 Å². The predicted octanol–water partition coefficient (Wildman–Crippen LogP) is 3.88. The molecule has 0 saturated carbocycles. The van der Waals surface area contributed by atoms with Gasteiger partial charge >= 0.3 is 6.61 Å². The lowest BCUT2D eigenvalue weighted by atomic mass is 10.2. The number of nitrogens with two attached hydrogens (primary N) is 1. The summed E-state index contributed by atoms with van der Waals surface area (Å²) < 4.78 is 34.3. The molecule has 0 fully saturated rings. The number of hydrogen-bond acceptors (Lipinski definition) is 3. The molecule has 0 heterocycles. The van der Waals surface area contributed by atoms with Gasteiger partial charge in [0.2, 0.25) is 0 Å². The van der Waals surface area contributed by atoms with E-state index in [-0.39, 0.29) is 18.3 Å². The van der Waals surface area contributed by atoms with Crippen molar-refractivity contribution in [3.8, 4) is 11.5 Å². The number of anilines is 1. The molecule has 0 spiro atoms. The van der Waals surface area contributed by atoms with Gasteiger partial charge in [-0.1, -0.05) is 11.6 Å². The summed E-state index contributed by atoms with van der Waals surface area (Å²) in [6, 6.07) is 11.4. The van der Waals surface area contributed by atoms with E-state index in [2.05, 4.69) is 15.0 Å². The number of alkyl halides is 2.